The fourth-order valence-corrected chi connectivity index (χ4v) is 2.85. The van der Waals surface area contributed by atoms with Gasteiger partial charge in [-0.05, 0) is 36.0 Å². The van der Waals surface area contributed by atoms with Crippen LogP contribution >= 0.6 is 11.8 Å². The monoisotopic (exact) mass is 193 g/mol. The highest BCUT2D eigenvalue weighted by Crippen LogP contribution is 2.23. The molecule has 0 spiro atoms. The van der Waals surface area contributed by atoms with Crippen molar-refractivity contribution in [3.8, 4) is 0 Å². The van der Waals surface area contributed by atoms with Gasteiger partial charge in [-0.2, -0.15) is 11.8 Å². The second kappa shape index (κ2) is 4.56. The van der Waals surface area contributed by atoms with Crippen molar-refractivity contribution < 1.29 is 0 Å². The molecule has 2 heteroatoms. The van der Waals surface area contributed by atoms with Gasteiger partial charge in [0.25, 0.3) is 0 Å². The Balaban J connectivity index is 1.79. The number of nitrogens with one attached hydrogen (secondary N) is 1. The number of anilines is 1. The fourth-order valence-electron chi connectivity index (χ4n) is 1.56. The van der Waals surface area contributed by atoms with Gasteiger partial charge in [-0.1, -0.05) is 18.2 Å². The first-order chi connectivity index (χ1) is 6.45. The van der Waals surface area contributed by atoms with Crippen molar-refractivity contribution in [1.29, 1.82) is 0 Å². The Hall–Kier alpha value is -0.630. The van der Waals surface area contributed by atoms with Crippen LogP contribution in [-0.2, 0) is 0 Å². The van der Waals surface area contributed by atoms with E-state index >= 15 is 0 Å². The zero-order valence-electron chi connectivity index (χ0n) is 7.70. The summed E-state index contributed by atoms with van der Waals surface area (Å²) in [5.41, 5.74) is 1.25. The molecule has 1 unspecified atom stereocenters. The summed E-state index contributed by atoms with van der Waals surface area (Å²) in [5.74, 6) is 3.56. The van der Waals surface area contributed by atoms with E-state index in [4.69, 9.17) is 0 Å². The van der Waals surface area contributed by atoms with Gasteiger partial charge in [-0.25, -0.2) is 0 Å². The van der Waals surface area contributed by atoms with E-state index in [0.29, 0.717) is 0 Å². The summed E-state index contributed by atoms with van der Waals surface area (Å²) < 4.78 is 0. The van der Waals surface area contributed by atoms with Crippen LogP contribution in [0.25, 0.3) is 0 Å². The summed E-state index contributed by atoms with van der Waals surface area (Å²) in [4.78, 5) is 0. The first kappa shape index (κ1) is 8.95. The number of hydrogen-bond acceptors (Lipinski definition) is 2. The Morgan fingerprint density at radius 2 is 2.15 bits per heavy atom. The summed E-state index contributed by atoms with van der Waals surface area (Å²) >= 11 is 2.08. The van der Waals surface area contributed by atoms with Crippen molar-refractivity contribution >= 4 is 17.4 Å². The molecule has 13 heavy (non-hydrogen) atoms. The van der Waals surface area contributed by atoms with Gasteiger partial charge in [0.15, 0.2) is 0 Å². The maximum atomic E-state index is 3.47. The number of rotatable bonds is 3. The Morgan fingerprint density at radius 3 is 2.85 bits per heavy atom. The molecular weight excluding hydrogens is 178 g/mol. The van der Waals surface area contributed by atoms with Crippen LogP contribution in [0, 0.1) is 5.92 Å². The van der Waals surface area contributed by atoms with Crippen LogP contribution in [-0.4, -0.2) is 18.1 Å². The molecule has 1 aliphatic rings. The van der Waals surface area contributed by atoms with Gasteiger partial charge in [0.2, 0.25) is 0 Å². The molecule has 1 heterocycles. The van der Waals surface area contributed by atoms with Gasteiger partial charge < -0.3 is 5.32 Å². The lowest BCUT2D eigenvalue weighted by atomic mass is 10.1. The SMILES string of the molecule is c1ccc(NCC2CCSC2)cc1. The zero-order chi connectivity index (χ0) is 8.93. The molecule has 0 radical (unpaired) electrons. The molecule has 2 rings (SSSR count). The summed E-state index contributed by atoms with van der Waals surface area (Å²) in [6.45, 7) is 1.14. The van der Waals surface area contributed by atoms with Crippen molar-refractivity contribution in [1.82, 2.24) is 0 Å². The normalized spacial score (nSPS) is 21.7. The topological polar surface area (TPSA) is 12.0 Å². The number of para-hydroxylation sites is 1. The molecule has 0 saturated carbocycles. The molecule has 0 bridgehead atoms. The molecule has 1 nitrogen and oxygen atoms in total. The van der Waals surface area contributed by atoms with E-state index in [1.54, 1.807) is 0 Å². The second-order valence-corrected chi connectivity index (χ2v) is 4.63. The van der Waals surface area contributed by atoms with Crippen LogP contribution in [0.5, 0.6) is 0 Å². The lowest BCUT2D eigenvalue weighted by molar-refractivity contribution is 0.632. The van der Waals surface area contributed by atoms with E-state index in [0.717, 1.165) is 12.5 Å². The molecule has 0 aromatic heterocycles. The highest BCUT2D eigenvalue weighted by atomic mass is 32.2. The maximum absolute atomic E-state index is 3.47. The lowest BCUT2D eigenvalue weighted by Crippen LogP contribution is -2.13. The minimum atomic E-state index is 0.880. The third kappa shape index (κ3) is 2.66. The van der Waals surface area contributed by atoms with E-state index in [-0.39, 0.29) is 0 Å². The minimum absolute atomic E-state index is 0.880. The molecular formula is C11H15NS. The second-order valence-electron chi connectivity index (χ2n) is 3.48. The predicted molar refractivity (Wildman–Crippen MR) is 60.4 cm³/mol. The van der Waals surface area contributed by atoms with Crippen LogP contribution in [0.1, 0.15) is 6.42 Å². The number of hydrogen-bond donors (Lipinski definition) is 1. The molecule has 1 saturated heterocycles. The largest absolute Gasteiger partial charge is 0.385 e. The molecule has 1 aromatic carbocycles. The van der Waals surface area contributed by atoms with Gasteiger partial charge in [-0.15, -0.1) is 0 Å². The quantitative estimate of drug-likeness (QED) is 0.792. The first-order valence-electron chi connectivity index (χ1n) is 4.82. The summed E-state index contributed by atoms with van der Waals surface area (Å²) in [5, 5.41) is 3.47. The minimum Gasteiger partial charge on any atom is -0.385 e. The Labute approximate surface area is 83.9 Å². The van der Waals surface area contributed by atoms with Gasteiger partial charge in [0.05, 0.1) is 0 Å². The van der Waals surface area contributed by atoms with Crippen molar-refractivity contribution in [2.75, 3.05) is 23.4 Å². The van der Waals surface area contributed by atoms with Gasteiger partial charge in [0.1, 0.15) is 0 Å². The van der Waals surface area contributed by atoms with E-state index in [1.165, 1.54) is 23.6 Å². The number of benzene rings is 1. The summed E-state index contributed by atoms with van der Waals surface area (Å²) in [7, 11) is 0. The van der Waals surface area contributed by atoms with Crippen LogP contribution in [0.3, 0.4) is 0 Å². The maximum Gasteiger partial charge on any atom is 0.0340 e. The van der Waals surface area contributed by atoms with Crippen molar-refractivity contribution in [3.05, 3.63) is 30.3 Å². The average Bonchev–Trinajstić information content (AvgIpc) is 2.69. The molecule has 1 fully saturated rings. The fraction of sp³-hybridized carbons (Fsp3) is 0.455. The average molecular weight is 193 g/mol. The summed E-state index contributed by atoms with van der Waals surface area (Å²) in [6.07, 6.45) is 1.38. The molecule has 70 valence electrons. The predicted octanol–water partition coefficient (Wildman–Crippen LogP) is 2.85. The Kier molecular flexibility index (Phi) is 3.14. The highest BCUT2D eigenvalue weighted by Gasteiger charge is 2.14. The van der Waals surface area contributed by atoms with E-state index in [1.807, 2.05) is 0 Å². The standard InChI is InChI=1S/C11H15NS/c1-2-4-11(5-3-1)12-8-10-6-7-13-9-10/h1-5,10,12H,6-9H2. The van der Waals surface area contributed by atoms with Crippen LogP contribution in [0.2, 0.25) is 0 Å². The Morgan fingerprint density at radius 1 is 1.31 bits per heavy atom. The molecule has 1 aliphatic heterocycles. The molecule has 1 N–H and O–H groups in total. The summed E-state index contributed by atoms with van der Waals surface area (Å²) in [6, 6.07) is 10.5. The van der Waals surface area contributed by atoms with E-state index < -0.39 is 0 Å². The van der Waals surface area contributed by atoms with Crippen molar-refractivity contribution in [2.45, 2.75) is 6.42 Å². The van der Waals surface area contributed by atoms with Gasteiger partial charge in [-0.3, -0.25) is 0 Å². The third-order valence-corrected chi connectivity index (χ3v) is 3.62. The van der Waals surface area contributed by atoms with Crippen molar-refractivity contribution in [2.24, 2.45) is 5.92 Å². The van der Waals surface area contributed by atoms with Crippen LogP contribution in [0.15, 0.2) is 30.3 Å². The molecule has 0 amide bonds. The highest BCUT2D eigenvalue weighted by molar-refractivity contribution is 7.99. The van der Waals surface area contributed by atoms with E-state index in [2.05, 4.69) is 47.4 Å². The van der Waals surface area contributed by atoms with Crippen LogP contribution in [0.4, 0.5) is 5.69 Å². The molecule has 0 aliphatic carbocycles. The van der Waals surface area contributed by atoms with Gasteiger partial charge in [0, 0.05) is 12.2 Å². The third-order valence-electron chi connectivity index (χ3n) is 2.39. The Bertz CT molecular complexity index is 242. The molecule has 1 atom stereocenters. The smallest absolute Gasteiger partial charge is 0.0340 e. The van der Waals surface area contributed by atoms with Crippen molar-refractivity contribution in [3.63, 3.8) is 0 Å². The zero-order valence-corrected chi connectivity index (χ0v) is 8.52. The number of thioether (sulfide) groups is 1. The van der Waals surface area contributed by atoms with Gasteiger partial charge >= 0.3 is 0 Å². The van der Waals surface area contributed by atoms with E-state index in [9.17, 15) is 0 Å². The first-order valence-corrected chi connectivity index (χ1v) is 5.97. The van der Waals surface area contributed by atoms with Crippen LogP contribution < -0.4 is 5.32 Å². The molecule has 1 aromatic rings. The lowest BCUT2D eigenvalue weighted by Gasteiger charge is -2.10.